The number of rotatable bonds is 3. The number of hydrogen-bond donors (Lipinski definition) is 2. The summed E-state index contributed by atoms with van der Waals surface area (Å²) in [5.41, 5.74) is 2.72. The van der Waals surface area contributed by atoms with E-state index in [1.54, 1.807) is 19.2 Å². The minimum Gasteiger partial charge on any atom is -0.455 e. The molecule has 0 spiro atoms. The van der Waals surface area contributed by atoms with Crippen molar-refractivity contribution < 1.29 is 9.53 Å². The molecule has 2 aromatic rings. The van der Waals surface area contributed by atoms with E-state index in [4.69, 9.17) is 10.6 Å². The lowest BCUT2D eigenvalue weighted by Gasteiger charge is -2.19. The van der Waals surface area contributed by atoms with Gasteiger partial charge in [0.15, 0.2) is 5.75 Å². The monoisotopic (exact) mass is 257 g/mol. The number of urea groups is 1. The molecule has 0 radical (unpaired) electrons. The highest BCUT2D eigenvalue weighted by atomic mass is 16.5. The van der Waals surface area contributed by atoms with Crippen molar-refractivity contribution in [3.63, 3.8) is 0 Å². The molecule has 5 nitrogen and oxygen atoms in total. The van der Waals surface area contributed by atoms with E-state index in [2.05, 4.69) is 5.43 Å². The molecule has 98 valence electrons. The lowest BCUT2D eigenvalue weighted by atomic mass is 10.2. The zero-order valence-electron chi connectivity index (χ0n) is 10.5. The number of para-hydroxylation sites is 3. The first kappa shape index (κ1) is 12.9. The van der Waals surface area contributed by atoms with Crippen molar-refractivity contribution in [1.82, 2.24) is 5.43 Å². The van der Waals surface area contributed by atoms with Gasteiger partial charge in [-0.25, -0.2) is 10.6 Å². The number of ether oxygens (including phenoxy) is 1. The summed E-state index contributed by atoms with van der Waals surface area (Å²) < 4.78 is 5.76. The van der Waals surface area contributed by atoms with Gasteiger partial charge < -0.3 is 4.74 Å². The highest BCUT2D eigenvalue weighted by Crippen LogP contribution is 2.31. The summed E-state index contributed by atoms with van der Waals surface area (Å²) in [6.45, 7) is 0. The summed E-state index contributed by atoms with van der Waals surface area (Å²) in [5.74, 6) is 6.42. The van der Waals surface area contributed by atoms with E-state index in [0.717, 1.165) is 0 Å². The predicted octanol–water partition coefficient (Wildman–Crippen LogP) is 2.50. The standard InChI is InChI=1S/C14H15N3O2/c1-17(14(18)16-15)12-9-5-6-10-13(12)19-11-7-3-2-4-8-11/h2-10H,15H2,1H3,(H,16,18). The van der Waals surface area contributed by atoms with Crippen molar-refractivity contribution in [2.45, 2.75) is 0 Å². The molecule has 0 saturated carbocycles. The van der Waals surface area contributed by atoms with Crippen LogP contribution in [0.2, 0.25) is 0 Å². The average Bonchev–Trinajstić information content (AvgIpc) is 2.47. The number of carbonyl (C=O) groups is 1. The normalized spacial score (nSPS) is 9.79. The quantitative estimate of drug-likeness (QED) is 0.504. The van der Waals surface area contributed by atoms with Gasteiger partial charge in [0, 0.05) is 7.05 Å². The van der Waals surface area contributed by atoms with Crippen molar-refractivity contribution in [3.8, 4) is 11.5 Å². The van der Waals surface area contributed by atoms with Crippen LogP contribution in [0.5, 0.6) is 11.5 Å². The van der Waals surface area contributed by atoms with Crippen LogP contribution in [-0.2, 0) is 0 Å². The predicted molar refractivity (Wildman–Crippen MR) is 74.1 cm³/mol. The molecule has 3 N–H and O–H groups in total. The summed E-state index contributed by atoms with van der Waals surface area (Å²) in [6, 6.07) is 16.2. The summed E-state index contributed by atoms with van der Waals surface area (Å²) in [7, 11) is 1.62. The van der Waals surface area contributed by atoms with E-state index in [9.17, 15) is 4.79 Å². The highest BCUT2D eigenvalue weighted by Gasteiger charge is 2.14. The molecule has 0 saturated heterocycles. The zero-order valence-corrected chi connectivity index (χ0v) is 10.5. The van der Waals surface area contributed by atoms with Crippen LogP contribution in [0.15, 0.2) is 54.6 Å². The second-order valence-corrected chi connectivity index (χ2v) is 3.89. The minimum atomic E-state index is -0.413. The van der Waals surface area contributed by atoms with Crippen LogP contribution in [0.3, 0.4) is 0 Å². The molecule has 2 rings (SSSR count). The Hall–Kier alpha value is -2.53. The maximum Gasteiger partial charge on any atom is 0.335 e. The van der Waals surface area contributed by atoms with Crippen molar-refractivity contribution in [1.29, 1.82) is 0 Å². The van der Waals surface area contributed by atoms with Crippen LogP contribution in [0.25, 0.3) is 0 Å². The molecule has 0 aliphatic carbocycles. The summed E-state index contributed by atoms with van der Waals surface area (Å²) in [6.07, 6.45) is 0. The van der Waals surface area contributed by atoms with E-state index < -0.39 is 6.03 Å². The summed E-state index contributed by atoms with van der Waals surface area (Å²) in [5, 5.41) is 0. The SMILES string of the molecule is CN(C(=O)NN)c1ccccc1Oc1ccccc1. The third-order valence-corrected chi connectivity index (χ3v) is 2.63. The van der Waals surface area contributed by atoms with Crippen LogP contribution in [0, 0.1) is 0 Å². The molecule has 2 amide bonds. The molecule has 0 fully saturated rings. The van der Waals surface area contributed by atoms with Crippen LogP contribution in [0.4, 0.5) is 10.5 Å². The Labute approximate surface area is 111 Å². The van der Waals surface area contributed by atoms with Gasteiger partial charge in [0.05, 0.1) is 5.69 Å². The number of anilines is 1. The number of hydrogen-bond acceptors (Lipinski definition) is 3. The first-order valence-corrected chi connectivity index (χ1v) is 5.78. The Morgan fingerprint density at radius 3 is 2.42 bits per heavy atom. The number of carbonyl (C=O) groups excluding carboxylic acids is 1. The van der Waals surface area contributed by atoms with Gasteiger partial charge in [-0.15, -0.1) is 0 Å². The van der Waals surface area contributed by atoms with Gasteiger partial charge in [0.25, 0.3) is 0 Å². The molecule has 0 atom stereocenters. The Bertz CT molecular complexity index is 558. The number of hydrazine groups is 1. The molecule has 2 aromatic carbocycles. The maximum absolute atomic E-state index is 11.6. The van der Waals surface area contributed by atoms with Crippen molar-refractivity contribution >= 4 is 11.7 Å². The fraction of sp³-hybridized carbons (Fsp3) is 0.0714. The maximum atomic E-state index is 11.6. The van der Waals surface area contributed by atoms with Gasteiger partial charge in [-0.05, 0) is 24.3 Å². The third-order valence-electron chi connectivity index (χ3n) is 2.63. The Morgan fingerprint density at radius 1 is 1.11 bits per heavy atom. The van der Waals surface area contributed by atoms with Gasteiger partial charge >= 0.3 is 6.03 Å². The first-order valence-electron chi connectivity index (χ1n) is 5.78. The Balaban J connectivity index is 2.29. The number of nitrogens with zero attached hydrogens (tertiary/aromatic N) is 1. The Morgan fingerprint density at radius 2 is 1.74 bits per heavy atom. The molecular weight excluding hydrogens is 242 g/mol. The molecular formula is C14H15N3O2. The highest BCUT2D eigenvalue weighted by molar-refractivity contribution is 5.92. The zero-order chi connectivity index (χ0) is 13.7. The second-order valence-electron chi connectivity index (χ2n) is 3.89. The molecule has 0 heterocycles. The van der Waals surface area contributed by atoms with Crippen LogP contribution in [0.1, 0.15) is 0 Å². The van der Waals surface area contributed by atoms with E-state index >= 15 is 0 Å². The van der Waals surface area contributed by atoms with Gasteiger partial charge in [-0.2, -0.15) is 0 Å². The van der Waals surface area contributed by atoms with Crippen molar-refractivity contribution in [2.24, 2.45) is 5.84 Å². The van der Waals surface area contributed by atoms with Gasteiger partial charge in [-0.3, -0.25) is 10.3 Å². The van der Waals surface area contributed by atoms with Crippen LogP contribution >= 0.6 is 0 Å². The molecule has 5 heteroatoms. The van der Waals surface area contributed by atoms with E-state index in [0.29, 0.717) is 17.2 Å². The van der Waals surface area contributed by atoms with Crippen LogP contribution < -0.4 is 20.9 Å². The lowest BCUT2D eigenvalue weighted by Crippen LogP contribution is -2.41. The number of nitrogens with one attached hydrogen (secondary N) is 1. The molecule has 0 aliphatic rings. The lowest BCUT2D eigenvalue weighted by molar-refractivity contribution is 0.247. The fourth-order valence-corrected chi connectivity index (χ4v) is 1.64. The van der Waals surface area contributed by atoms with Crippen molar-refractivity contribution in [2.75, 3.05) is 11.9 Å². The molecule has 0 bridgehead atoms. The number of benzene rings is 2. The number of amides is 2. The topological polar surface area (TPSA) is 67.6 Å². The summed E-state index contributed by atoms with van der Waals surface area (Å²) in [4.78, 5) is 12.9. The third kappa shape index (κ3) is 3.02. The molecule has 0 aromatic heterocycles. The first-order chi connectivity index (χ1) is 9.22. The molecule has 0 unspecified atom stereocenters. The second kappa shape index (κ2) is 5.88. The van der Waals surface area contributed by atoms with E-state index in [1.165, 1.54) is 4.90 Å². The molecule has 19 heavy (non-hydrogen) atoms. The smallest absolute Gasteiger partial charge is 0.335 e. The number of nitrogens with two attached hydrogens (primary N) is 1. The average molecular weight is 257 g/mol. The van der Waals surface area contributed by atoms with Gasteiger partial charge in [0.2, 0.25) is 0 Å². The summed E-state index contributed by atoms with van der Waals surface area (Å²) >= 11 is 0. The van der Waals surface area contributed by atoms with Crippen molar-refractivity contribution in [3.05, 3.63) is 54.6 Å². The van der Waals surface area contributed by atoms with E-state index in [-0.39, 0.29) is 0 Å². The largest absolute Gasteiger partial charge is 0.455 e. The molecule has 0 aliphatic heterocycles. The van der Waals surface area contributed by atoms with Crippen LogP contribution in [-0.4, -0.2) is 13.1 Å². The van der Waals surface area contributed by atoms with Gasteiger partial charge in [0.1, 0.15) is 5.75 Å². The van der Waals surface area contributed by atoms with E-state index in [1.807, 2.05) is 42.5 Å². The fourth-order valence-electron chi connectivity index (χ4n) is 1.64. The van der Waals surface area contributed by atoms with Gasteiger partial charge in [-0.1, -0.05) is 30.3 Å². The Kier molecular flexibility index (Phi) is 4.00. The minimum absolute atomic E-state index is 0.413.